The van der Waals surface area contributed by atoms with Gasteiger partial charge in [-0.3, -0.25) is 9.78 Å². The number of carbonyl (C=O) groups excluding carboxylic acids is 1. The van der Waals surface area contributed by atoms with Crippen LogP contribution in [0.3, 0.4) is 0 Å². The first-order valence-corrected chi connectivity index (χ1v) is 6.59. The summed E-state index contributed by atoms with van der Waals surface area (Å²) in [6.45, 7) is 8.92. The molecular formula is C14H23N3O. The van der Waals surface area contributed by atoms with Gasteiger partial charge in [-0.2, -0.15) is 0 Å². The van der Waals surface area contributed by atoms with Gasteiger partial charge in [-0.05, 0) is 32.8 Å². The lowest BCUT2D eigenvalue weighted by Gasteiger charge is -2.15. The molecule has 1 heterocycles. The number of amides is 1. The molecule has 4 heteroatoms. The molecular weight excluding hydrogens is 226 g/mol. The van der Waals surface area contributed by atoms with E-state index in [4.69, 9.17) is 0 Å². The molecule has 1 rings (SSSR count). The molecule has 18 heavy (non-hydrogen) atoms. The molecule has 4 nitrogen and oxygen atoms in total. The van der Waals surface area contributed by atoms with Crippen molar-refractivity contribution in [1.29, 1.82) is 0 Å². The van der Waals surface area contributed by atoms with E-state index in [2.05, 4.69) is 29.5 Å². The first-order valence-electron chi connectivity index (χ1n) is 6.59. The van der Waals surface area contributed by atoms with E-state index in [1.807, 2.05) is 19.9 Å². The standard InChI is InChI=1S/C14H23N3O/c1-5-7-15-13-8-11(4)16-9-12(13)14(18)17-10(3)6-2/h8-10H,5-7H2,1-4H3,(H,15,16)(H,17,18). The van der Waals surface area contributed by atoms with Crippen LogP contribution in [0.25, 0.3) is 0 Å². The zero-order chi connectivity index (χ0) is 13.5. The van der Waals surface area contributed by atoms with Crippen molar-refractivity contribution in [1.82, 2.24) is 10.3 Å². The largest absolute Gasteiger partial charge is 0.384 e. The average molecular weight is 249 g/mol. The minimum Gasteiger partial charge on any atom is -0.384 e. The van der Waals surface area contributed by atoms with Crippen molar-refractivity contribution >= 4 is 11.6 Å². The van der Waals surface area contributed by atoms with E-state index < -0.39 is 0 Å². The van der Waals surface area contributed by atoms with E-state index in [1.54, 1.807) is 6.20 Å². The number of rotatable bonds is 6. The Kier molecular flexibility index (Phi) is 5.62. The number of hydrogen-bond acceptors (Lipinski definition) is 3. The highest BCUT2D eigenvalue weighted by Gasteiger charge is 2.13. The first-order chi connectivity index (χ1) is 8.58. The Morgan fingerprint density at radius 2 is 2.17 bits per heavy atom. The summed E-state index contributed by atoms with van der Waals surface area (Å²) in [6, 6.07) is 2.10. The molecule has 0 aliphatic carbocycles. The highest BCUT2D eigenvalue weighted by molar-refractivity contribution is 5.99. The lowest BCUT2D eigenvalue weighted by molar-refractivity contribution is 0.0939. The smallest absolute Gasteiger partial charge is 0.255 e. The van der Waals surface area contributed by atoms with Crippen molar-refractivity contribution < 1.29 is 4.79 Å². The fourth-order valence-corrected chi connectivity index (χ4v) is 1.55. The number of aromatic nitrogens is 1. The maximum atomic E-state index is 12.1. The number of pyridine rings is 1. The van der Waals surface area contributed by atoms with Crippen LogP contribution in [0.4, 0.5) is 5.69 Å². The van der Waals surface area contributed by atoms with Crippen LogP contribution in [0.5, 0.6) is 0 Å². The Hall–Kier alpha value is -1.58. The second kappa shape index (κ2) is 6.99. The number of nitrogens with zero attached hydrogens (tertiary/aromatic N) is 1. The fourth-order valence-electron chi connectivity index (χ4n) is 1.55. The molecule has 1 unspecified atom stereocenters. The van der Waals surface area contributed by atoms with Gasteiger partial charge in [0.25, 0.3) is 5.91 Å². The van der Waals surface area contributed by atoms with E-state index in [1.165, 1.54) is 0 Å². The van der Waals surface area contributed by atoms with Gasteiger partial charge in [0.1, 0.15) is 0 Å². The van der Waals surface area contributed by atoms with Crippen LogP contribution >= 0.6 is 0 Å². The molecule has 0 saturated heterocycles. The predicted octanol–water partition coefficient (Wildman–Crippen LogP) is 2.74. The summed E-state index contributed by atoms with van der Waals surface area (Å²) in [5.74, 6) is -0.0598. The third-order valence-electron chi connectivity index (χ3n) is 2.84. The van der Waals surface area contributed by atoms with Gasteiger partial charge in [-0.1, -0.05) is 13.8 Å². The fraction of sp³-hybridized carbons (Fsp3) is 0.571. The van der Waals surface area contributed by atoms with Crippen LogP contribution in [0.15, 0.2) is 12.3 Å². The summed E-state index contributed by atoms with van der Waals surface area (Å²) < 4.78 is 0. The molecule has 0 aromatic carbocycles. The van der Waals surface area contributed by atoms with Crippen LogP contribution < -0.4 is 10.6 Å². The lowest BCUT2D eigenvalue weighted by atomic mass is 10.1. The minimum absolute atomic E-state index is 0.0598. The molecule has 0 fully saturated rings. The maximum absolute atomic E-state index is 12.1. The second-order valence-electron chi connectivity index (χ2n) is 4.58. The number of hydrogen-bond donors (Lipinski definition) is 2. The molecule has 1 amide bonds. The van der Waals surface area contributed by atoms with Gasteiger partial charge in [-0.25, -0.2) is 0 Å². The number of carbonyl (C=O) groups is 1. The van der Waals surface area contributed by atoms with E-state index in [0.29, 0.717) is 5.56 Å². The lowest BCUT2D eigenvalue weighted by Crippen LogP contribution is -2.32. The van der Waals surface area contributed by atoms with Gasteiger partial charge in [-0.15, -0.1) is 0 Å². The van der Waals surface area contributed by atoms with Crippen LogP contribution in [-0.4, -0.2) is 23.5 Å². The van der Waals surface area contributed by atoms with Crippen molar-refractivity contribution in [3.8, 4) is 0 Å². The third kappa shape index (κ3) is 4.02. The second-order valence-corrected chi connectivity index (χ2v) is 4.58. The van der Waals surface area contributed by atoms with Crippen LogP contribution in [0, 0.1) is 6.92 Å². The van der Waals surface area contributed by atoms with E-state index >= 15 is 0 Å². The molecule has 2 N–H and O–H groups in total. The number of anilines is 1. The Balaban J connectivity index is 2.88. The molecule has 0 bridgehead atoms. The maximum Gasteiger partial charge on any atom is 0.255 e. The first kappa shape index (κ1) is 14.5. The molecule has 0 aliphatic heterocycles. The van der Waals surface area contributed by atoms with E-state index in [0.717, 1.165) is 30.8 Å². The molecule has 1 aromatic heterocycles. The van der Waals surface area contributed by atoms with Gasteiger partial charge < -0.3 is 10.6 Å². The van der Waals surface area contributed by atoms with Gasteiger partial charge in [0.05, 0.1) is 11.3 Å². The summed E-state index contributed by atoms with van der Waals surface area (Å²) in [6.07, 6.45) is 3.58. The zero-order valence-electron chi connectivity index (χ0n) is 11.7. The van der Waals surface area contributed by atoms with Gasteiger partial charge >= 0.3 is 0 Å². The molecule has 0 radical (unpaired) electrons. The van der Waals surface area contributed by atoms with Gasteiger partial charge in [0, 0.05) is 24.5 Å². The zero-order valence-corrected chi connectivity index (χ0v) is 11.7. The van der Waals surface area contributed by atoms with Crippen molar-refractivity contribution in [3.05, 3.63) is 23.5 Å². The summed E-state index contributed by atoms with van der Waals surface area (Å²) >= 11 is 0. The predicted molar refractivity (Wildman–Crippen MR) is 75.0 cm³/mol. The monoisotopic (exact) mass is 249 g/mol. The summed E-state index contributed by atoms with van der Waals surface area (Å²) in [5, 5.41) is 6.24. The Morgan fingerprint density at radius 1 is 1.44 bits per heavy atom. The summed E-state index contributed by atoms with van der Waals surface area (Å²) in [5.41, 5.74) is 2.40. The van der Waals surface area contributed by atoms with Crippen LogP contribution in [-0.2, 0) is 0 Å². The van der Waals surface area contributed by atoms with Crippen molar-refractivity contribution in [2.45, 2.75) is 46.6 Å². The molecule has 1 atom stereocenters. The Labute approximate surface area is 109 Å². The quantitative estimate of drug-likeness (QED) is 0.815. The molecule has 0 saturated carbocycles. The highest BCUT2D eigenvalue weighted by atomic mass is 16.1. The topological polar surface area (TPSA) is 54.0 Å². The number of aryl methyl sites for hydroxylation is 1. The molecule has 0 spiro atoms. The third-order valence-corrected chi connectivity index (χ3v) is 2.84. The molecule has 100 valence electrons. The highest BCUT2D eigenvalue weighted by Crippen LogP contribution is 2.16. The molecule has 0 aliphatic rings. The van der Waals surface area contributed by atoms with Crippen molar-refractivity contribution in [2.24, 2.45) is 0 Å². The van der Waals surface area contributed by atoms with Crippen molar-refractivity contribution in [2.75, 3.05) is 11.9 Å². The minimum atomic E-state index is -0.0598. The van der Waals surface area contributed by atoms with Gasteiger partial charge in [0.2, 0.25) is 0 Å². The van der Waals surface area contributed by atoms with E-state index in [9.17, 15) is 4.79 Å². The Bertz CT molecular complexity index is 404. The SMILES string of the molecule is CCCNc1cc(C)ncc1C(=O)NC(C)CC. The van der Waals surface area contributed by atoms with Gasteiger partial charge in [0.15, 0.2) is 0 Å². The summed E-state index contributed by atoms with van der Waals surface area (Å²) in [7, 11) is 0. The summed E-state index contributed by atoms with van der Waals surface area (Å²) in [4.78, 5) is 16.3. The van der Waals surface area contributed by atoms with Crippen LogP contribution in [0.1, 0.15) is 49.7 Å². The van der Waals surface area contributed by atoms with Crippen molar-refractivity contribution in [3.63, 3.8) is 0 Å². The normalized spacial score (nSPS) is 12.0. The molecule has 1 aromatic rings. The average Bonchev–Trinajstić information content (AvgIpc) is 2.36. The number of nitrogens with one attached hydrogen (secondary N) is 2. The van der Waals surface area contributed by atoms with Crippen LogP contribution in [0.2, 0.25) is 0 Å². The Morgan fingerprint density at radius 3 is 2.78 bits per heavy atom. The van der Waals surface area contributed by atoms with E-state index in [-0.39, 0.29) is 11.9 Å².